The van der Waals surface area contributed by atoms with Gasteiger partial charge in [-0.05, 0) is 36.0 Å². The average Bonchev–Trinajstić information content (AvgIpc) is 2.35. The van der Waals surface area contributed by atoms with Crippen molar-refractivity contribution in [1.82, 2.24) is 0 Å². The molecule has 0 aliphatic carbocycles. The summed E-state index contributed by atoms with van der Waals surface area (Å²) in [5.74, 6) is 0. The SMILES string of the molecule is CCCCCCC(C)(CC)Cc1cccc(Br)c1. The van der Waals surface area contributed by atoms with Gasteiger partial charge in [0.15, 0.2) is 0 Å². The molecule has 0 radical (unpaired) electrons. The number of unbranched alkanes of at least 4 members (excludes halogenated alkanes) is 3. The number of rotatable bonds is 8. The monoisotopic (exact) mass is 310 g/mol. The highest BCUT2D eigenvalue weighted by Gasteiger charge is 2.21. The average molecular weight is 311 g/mol. The summed E-state index contributed by atoms with van der Waals surface area (Å²) in [4.78, 5) is 0. The summed E-state index contributed by atoms with van der Waals surface area (Å²) in [7, 11) is 0. The summed E-state index contributed by atoms with van der Waals surface area (Å²) in [6, 6.07) is 8.77. The van der Waals surface area contributed by atoms with Crippen molar-refractivity contribution in [2.75, 3.05) is 0 Å². The molecule has 0 fully saturated rings. The van der Waals surface area contributed by atoms with Crippen LogP contribution in [0.2, 0.25) is 0 Å². The Labute approximate surface area is 121 Å². The molecular weight excluding hydrogens is 284 g/mol. The molecule has 0 N–H and O–H groups in total. The molecule has 1 aromatic carbocycles. The fourth-order valence-corrected chi connectivity index (χ4v) is 2.96. The summed E-state index contributed by atoms with van der Waals surface area (Å²) in [5.41, 5.74) is 1.93. The molecule has 1 rings (SSSR count). The van der Waals surface area contributed by atoms with E-state index in [0.29, 0.717) is 5.41 Å². The lowest BCUT2D eigenvalue weighted by Crippen LogP contribution is -2.18. The third-order valence-electron chi connectivity index (χ3n) is 4.01. The number of hydrogen-bond donors (Lipinski definition) is 0. The van der Waals surface area contributed by atoms with Gasteiger partial charge in [-0.3, -0.25) is 0 Å². The van der Waals surface area contributed by atoms with Gasteiger partial charge in [-0.1, -0.05) is 80.9 Å². The van der Waals surface area contributed by atoms with E-state index < -0.39 is 0 Å². The van der Waals surface area contributed by atoms with Gasteiger partial charge in [-0.25, -0.2) is 0 Å². The summed E-state index contributed by atoms with van der Waals surface area (Å²) >= 11 is 3.56. The maximum Gasteiger partial charge on any atom is 0.0177 e. The van der Waals surface area contributed by atoms with Gasteiger partial charge < -0.3 is 0 Å². The minimum atomic E-state index is 0.467. The first kappa shape index (κ1) is 15.8. The molecule has 1 aromatic rings. The predicted molar refractivity (Wildman–Crippen MR) is 85.0 cm³/mol. The second-order valence-corrected chi connectivity index (χ2v) is 6.70. The normalized spacial score (nSPS) is 14.4. The van der Waals surface area contributed by atoms with Gasteiger partial charge in [-0.15, -0.1) is 0 Å². The second-order valence-electron chi connectivity index (χ2n) is 5.78. The summed E-state index contributed by atoms with van der Waals surface area (Å²) in [5, 5.41) is 0. The van der Waals surface area contributed by atoms with Crippen molar-refractivity contribution in [1.29, 1.82) is 0 Å². The third kappa shape index (κ3) is 5.56. The molecule has 0 aliphatic heterocycles. The molecule has 0 saturated heterocycles. The maximum absolute atomic E-state index is 3.56. The Hall–Kier alpha value is -0.300. The lowest BCUT2D eigenvalue weighted by atomic mass is 9.77. The Morgan fingerprint density at radius 2 is 1.89 bits per heavy atom. The maximum atomic E-state index is 3.56. The summed E-state index contributed by atoms with van der Waals surface area (Å²) < 4.78 is 1.20. The minimum Gasteiger partial charge on any atom is -0.0654 e. The molecule has 1 unspecified atom stereocenters. The highest BCUT2D eigenvalue weighted by atomic mass is 79.9. The first-order chi connectivity index (χ1) is 8.59. The zero-order valence-electron chi connectivity index (χ0n) is 12.1. The van der Waals surface area contributed by atoms with Gasteiger partial charge in [-0.2, -0.15) is 0 Å². The standard InChI is InChI=1S/C17H27Br/c1-4-6-7-8-12-17(3,5-2)14-15-10-9-11-16(18)13-15/h9-11,13H,4-8,12,14H2,1-3H3. The van der Waals surface area contributed by atoms with Crippen LogP contribution in [0.4, 0.5) is 0 Å². The Morgan fingerprint density at radius 3 is 2.50 bits per heavy atom. The van der Waals surface area contributed by atoms with Crippen LogP contribution >= 0.6 is 15.9 Å². The molecule has 0 heterocycles. The first-order valence-electron chi connectivity index (χ1n) is 7.34. The van der Waals surface area contributed by atoms with Crippen molar-refractivity contribution in [2.45, 2.75) is 65.7 Å². The van der Waals surface area contributed by atoms with Crippen molar-refractivity contribution in [3.8, 4) is 0 Å². The lowest BCUT2D eigenvalue weighted by Gasteiger charge is -2.28. The van der Waals surface area contributed by atoms with Gasteiger partial charge >= 0.3 is 0 Å². The van der Waals surface area contributed by atoms with Gasteiger partial charge in [0, 0.05) is 4.47 Å². The Balaban J connectivity index is 2.53. The molecule has 0 aliphatic rings. The molecule has 0 saturated carbocycles. The molecule has 0 bridgehead atoms. The molecule has 0 aromatic heterocycles. The molecule has 0 spiro atoms. The van der Waals surface area contributed by atoms with Crippen LogP contribution in [0.3, 0.4) is 0 Å². The van der Waals surface area contributed by atoms with Crippen molar-refractivity contribution in [3.05, 3.63) is 34.3 Å². The highest BCUT2D eigenvalue weighted by molar-refractivity contribution is 9.10. The Bertz CT molecular complexity index is 345. The molecular formula is C17H27Br. The fourth-order valence-electron chi connectivity index (χ4n) is 2.51. The lowest BCUT2D eigenvalue weighted by molar-refractivity contribution is 0.270. The van der Waals surface area contributed by atoms with Crippen molar-refractivity contribution in [2.24, 2.45) is 5.41 Å². The van der Waals surface area contributed by atoms with E-state index in [1.807, 2.05) is 0 Å². The van der Waals surface area contributed by atoms with E-state index in [1.165, 1.54) is 55.0 Å². The van der Waals surface area contributed by atoms with Crippen LogP contribution in [0.1, 0.15) is 64.9 Å². The number of benzene rings is 1. The van der Waals surface area contributed by atoms with Crippen molar-refractivity contribution in [3.63, 3.8) is 0 Å². The zero-order valence-corrected chi connectivity index (χ0v) is 13.7. The van der Waals surface area contributed by atoms with Crippen LogP contribution in [-0.2, 0) is 6.42 Å². The van der Waals surface area contributed by atoms with E-state index in [-0.39, 0.29) is 0 Å². The Kier molecular flexibility index (Phi) is 6.99. The number of hydrogen-bond acceptors (Lipinski definition) is 0. The quantitative estimate of drug-likeness (QED) is 0.489. The van der Waals surface area contributed by atoms with Crippen LogP contribution in [0, 0.1) is 5.41 Å². The van der Waals surface area contributed by atoms with E-state index in [4.69, 9.17) is 0 Å². The molecule has 0 amide bonds. The van der Waals surface area contributed by atoms with Crippen LogP contribution in [0.25, 0.3) is 0 Å². The first-order valence-corrected chi connectivity index (χ1v) is 8.13. The van der Waals surface area contributed by atoms with Crippen molar-refractivity contribution >= 4 is 15.9 Å². The van der Waals surface area contributed by atoms with Crippen LogP contribution in [0.15, 0.2) is 28.7 Å². The largest absolute Gasteiger partial charge is 0.0654 e. The number of halogens is 1. The smallest absolute Gasteiger partial charge is 0.0177 e. The third-order valence-corrected chi connectivity index (χ3v) is 4.50. The van der Waals surface area contributed by atoms with Crippen LogP contribution in [-0.4, -0.2) is 0 Å². The van der Waals surface area contributed by atoms with Crippen LogP contribution in [0.5, 0.6) is 0 Å². The van der Waals surface area contributed by atoms with Crippen LogP contribution < -0.4 is 0 Å². The minimum absolute atomic E-state index is 0.467. The van der Waals surface area contributed by atoms with E-state index in [0.717, 1.165) is 0 Å². The molecule has 1 heteroatoms. The van der Waals surface area contributed by atoms with E-state index in [9.17, 15) is 0 Å². The molecule has 18 heavy (non-hydrogen) atoms. The summed E-state index contributed by atoms with van der Waals surface area (Å²) in [6.07, 6.45) is 9.32. The molecule has 1 atom stereocenters. The Morgan fingerprint density at radius 1 is 1.11 bits per heavy atom. The topological polar surface area (TPSA) is 0 Å². The van der Waals surface area contributed by atoms with Gasteiger partial charge in [0.25, 0.3) is 0 Å². The van der Waals surface area contributed by atoms with Gasteiger partial charge in [0.2, 0.25) is 0 Å². The predicted octanol–water partition coefficient (Wildman–Crippen LogP) is 6.38. The van der Waals surface area contributed by atoms with E-state index in [2.05, 4.69) is 61.0 Å². The second kappa shape index (κ2) is 7.99. The van der Waals surface area contributed by atoms with Crippen molar-refractivity contribution < 1.29 is 0 Å². The zero-order chi connectivity index (χ0) is 13.4. The van der Waals surface area contributed by atoms with E-state index in [1.54, 1.807) is 0 Å². The van der Waals surface area contributed by atoms with E-state index >= 15 is 0 Å². The van der Waals surface area contributed by atoms with Gasteiger partial charge in [0.05, 0.1) is 0 Å². The van der Waals surface area contributed by atoms with Gasteiger partial charge in [0.1, 0.15) is 0 Å². The molecule has 0 nitrogen and oxygen atoms in total. The highest BCUT2D eigenvalue weighted by Crippen LogP contribution is 2.33. The summed E-state index contributed by atoms with van der Waals surface area (Å²) in [6.45, 7) is 7.05. The fraction of sp³-hybridized carbons (Fsp3) is 0.647. The molecule has 102 valence electrons.